The van der Waals surface area contributed by atoms with Gasteiger partial charge in [0.2, 0.25) is 0 Å². The molecule has 0 aliphatic heterocycles. The number of carbonyl (C=O) groups is 1. The Kier molecular flexibility index (Phi) is 6.86. The largest absolute Gasteiger partial charge is 0.485 e. The molecule has 9 heteroatoms. The molecule has 1 aliphatic carbocycles. The number of ether oxygens (including phenoxy) is 1. The molecule has 2 aromatic heterocycles. The number of benzene rings is 1. The van der Waals surface area contributed by atoms with E-state index in [-0.39, 0.29) is 29.4 Å². The van der Waals surface area contributed by atoms with Gasteiger partial charge in [0, 0.05) is 24.3 Å². The first-order valence-corrected chi connectivity index (χ1v) is 11.5. The Bertz CT molecular complexity index is 1150. The summed E-state index contributed by atoms with van der Waals surface area (Å²) < 4.78 is 35.2. The van der Waals surface area contributed by atoms with Crippen LogP contribution in [0.2, 0.25) is 5.02 Å². The summed E-state index contributed by atoms with van der Waals surface area (Å²) in [5.41, 5.74) is 7.18. The van der Waals surface area contributed by atoms with Crippen LogP contribution in [0.15, 0.2) is 30.5 Å². The van der Waals surface area contributed by atoms with E-state index in [1.807, 2.05) is 0 Å². The number of halogens is 3. The third-order valence-corrected chi connectivity index (χ3v) is 6.44. The zero-order valence-corrected chi connectivity index (χ0v) is 19.2. The molecule has 0 spiro atoms. The Morgan fingerprint density at radius 3 is 2.67 bits per heavy atom. The summed E-state index contributed by atoms with van der Waals surface area (Å²) in [6.07, 6.45) is 7.66. The number of hydrogen-bond donors (Lipinski definition) is 2. The Morgan fingerprint density at radius 1 is 1.27 bits per heavy atom. The second kappa shape index (κ2) is 9.65. The van der Waals surface area contributed by atoms with Gasteiger partial charge in [0.15, 0.2) is 11.4 Å². The number of imidazole rings is 1. The highest BCUT2D eigenvalue weighted by Gasteiger charge is 2.27. The molecule has 0 unspecified atom stereocenters. The van der Waals surface area contributed by atoms with Gasteiger partial charge in [0.1, 0.15) is 23.9 Å². The van der Waals surface area contributed by atoms with Crippen molar-refractivity contribution in [2.24, 2.45) is 5.73 Å². The van der Waals surface area contributed by atoms with Gasteiger partial charge >= 0.3 is 0 Å². The fraction of sp³-hybridized carbons (Fsp3) is 0.417. The number of pyridine rings is 1. The molecular weight excluding hydrogens is 450 g/mol. The van der Waals surface area contributed by atoms with Gasteiger partial charge < -0.3 is 15.8 Å². The van der Waals surface area contributed by atoms with Crippen LogP contribution >= 0.6 is 11.6 Å². The number of fused-ring (bicyclic) bond motifs is 1. The lowest BCUT2D eigenvalue weighted by Crippen LogP contribution is -2.44. The summed E-state index contributed by atoms with van der Waals surface area (Å²) in [6, 6.07) is 5.12. The number of nitrogens with one attached hydrogen (secondary N) is 1. The maximum absolute atomic E-state index is 14.0. The summed E-state index contributed by atoms with van der Waals surface area (Å²) in [6.45, 7) is 1.82. The normalized spacial score (nSPS) is 15.5. The van der Waals surface area contributed by atoms with Gasteiger partial charge in [-0.3, -0.25) is 9.20 Å². The minimum atomic E-state index is -0.705. The number of rotatable bonds is 7. The van der Waals surface area contributed by atoms with Crippen LogP contribution in [0.25, 0.3) is 5.65 Å². The SMILES string of the molecule is Cc1nc2c(OCc3c(F)cccc3F)cc(Cl)cn2c1C(=O)NCCC1(N)CCCCC1. The van der Waals surface area contributed by atoms with E-state index in [1.54, 1.807) is 17.5 Å². The van der Waals surface area contributed by atoms with Crippen LogP contribution < -0.4 is 15.8 Å². The third-order valence-electron chi connectivity index (χ3n) is 6.23. The van der Waals surface area contributed by atoms with Gasteiger partial charge in [0.05, 0.1) is 16.3 Å². The Morgan fingerprint density at radius 2 is 1.97 bits per heavy atom. The van der Waals surface area contributed by atoms with Crippen molar-refractivity contribution in [3.05, 3.63) is 64.1 Å². The highest BCUT2D eigenvalue weighted by molar-refractivity contribution is 6.30. The topological polar surface area (TPSA) is 81.7 Å². The predicted octanol–water partition coefficient (Wildman–Crippen LogP) is 4.93. The minimum Gasteiger partial charge on any atom is -0.485 e. The summed E-state index contributed by atoms with van der Waals surface area (Å²) >= 11 is 6.25. The van der Waals surface area contributed by atoms with E-state index in [0.29, 0.717) is 35.0 Å². The van der Waals surface area contributed by atoms with E-state index in [9.17, 15) is 13.6 Å². The van der Waals surface area contributed by atoms with Crippen LogP contribution in [-0.2, 0) is 6.61 Å². The fourth-order valence-electron chi connectivity index (χ4n) is 4.41. The number of amides is 1. The summed E-state index contributed by atoms with van der Waals surface area (Å²) in [5, 5.41) is 3.23. The average Bonchev–Trinajstić information content (AvgIpc) is 3.09. The van der Waals surface area contributed by atoms with Crippen molar-refractivity contribution in [1.82, 2.24) is 14.7 Å². The zero-order valence-electron chi connectivity index (χ0n) is 18.5. The summed E-state index contributed by atoms with van der Waals surface area (Å²) in [5.74, 6) is -1.49. The number of nitrogens with two attached hydrogens (primary N) is 1. The molecule has 1 amide bonds. The molecule has 1 aromatic carbocycles. The first kappa shape index (κ1) is 23.4. The third kappa shape index (κ3) is 5.12. The maximum Gasteiger partial charge on any atom is 0.270 e. The number of aryl methyl sites for hydroxylation is 1. The molecule has 1 aliphatic rings. The van der Waals surface area contributed by atoms with Crippen molar-refractivity contribution in [1.29, 1.82) is 0 Å². The molecule has 2 heterocycles. The van der Waals surface area contributed by atoms with Gasteiger partial charge in [-0.2, -0.15) is 0 Å². The van der Waals surface area contributed by atoms with E-state index in [2.05, 4.69) is 10.3 Å². The molecule has 0 radical (unpaired) electrons. The van der Waals surface area contributed by atoms with E-state index in [4.69, 9.17) is 22.1 Å². The monoisotopic (exact) mass is 476 g/mol. The molecule has 0 bridgehead atoms. The zero-order chi connectivity index (χ0) is 23.6. The Hall–Kier alpha value is -2.71. The van der Waals surface area contributed by atoms with E-state index in [0.717, 1.165) is 37.8 Å². The van der Waals surface area contributed by atoms with Crippen LogP contribution in [-0.4, -0.2) is 27.4 Å². The standard InChI is InChI=1S/C24H27ClF2N4O2/c1-15-21(23(32)29-11-10-24(28)8-3-2-4-9-24)31-13-16(25)12-20(22(31)30-15)33-14-17-18(26)6-5-7-19(17)27/h5-7,12-13H,2-4,8-11,14,28H2,1H3,(H,29,32). The van der Waals surface area contributed by atoms with Crippen molar-refractivity contribution in [2.45, 2.75) is 57.6 Å². The number of nitrogens with zero attached hydrogens (tertiary/aromatic N) is 2. The number of hydrogen-bond acceptors (Lipinski definition) is 4. The van der Waals surface area contributed by atoms with E-state index >= 15 is 0 Å². The van der Waals surface area contributed by atoms with Gasteiger partial charge in [-0.1, -0.05) is 36.9 Å². The molecule has 1 saturated carbocycles. The second-order valence-electron chi connectivity index (χ2n) is 8.68. The quantitative estimate of drug-likeness (QED) is 0.506. The van der Waals surface area contributed by atoms with Crippen molar-refractivity contribution < 1.29 is 18.3 Å². The second-order valence-corrected chi connectivity index (χ2v) is 9.12. The lowest BCUT2D eigenvalue weighted by Gasteiger charge is -2.33. The molecular formula is C24H27ClF2N4O2. The van der Waals surface area contributed by atoms with E-state index in [1.165, 1.54) is 18.6 Å². The summed E-state index contributed by atoms with van der Waals surface area (Å²) in [4.78, 5) is 17.4. The predicted molar refractivity (Wildman–Crippen MR) is 123 cm³/mol. The van der Waals surface area contributed by atoms with Gasteiger partial charge in [-0.05, 0) is 38.3 Å². The molecule has 33 heavy (non-hydrogen) atoms. The first-order chi connectivity index (χ1) is 15.8. The average molecular weight is 477 g/mol. The van der Waals surface area contributed by atoms with Crippen LogP contribution in [0, 0.1) is 18.6 Å². The van der Waals surface area contributed by atoms with Crippen molar-refractivity contribution in [2.75, 3.05) is 6.54 Å². The van der Waals surface area contributed by atoms with Crippen molar-refractivity contribution in [3.8, 4) is 5.75 Å². The lowest BCUT2D eigenvalue weighted by atomic mass is 9.80. The van der Waals surface area contributed by atoms with Crippen molar-refractivity contribution >= 4 is 23.2 Å². The van der Waals surface area contributed by atoms with E-state index < -0.39 is 11.6 Å². The Balaban J connectivity index is 1.53. The van der Waals surface area contributed by atoms with Crippen molar-refractivity contribution in [3.63, 3.8) is 0 Å². The lowest BCUT2D eigenvalue weighted by molar-refractivity contribution is 0.0942. The highest BCUT2D eigenvalue weighted by Crippen LogP contribution is 2.29. The molecule has 0 atom stereocenters. The van der Waals surface area contributed by atoms with Crippen LogP contribution in [0.4, 0.5) is 8.78 Å². The molecule has 6 nitrogen and oxygen atoms in total. The number of carbonyl (C=O) groups excluding carboxylic acids is 1. The number of aromatic nitrogens is 2. The van der Waals surface area contributed by atoms with Crippen LogP contribution in [0.1, 0.15) is 60.3 Å². The fourth-order valence-corrected chi connectivity index (χ4v) is 4.61. The molecule has 0 saturated heterocycles. The minimum absolute atomic E-state index is 0.199. The first-order valence-electron chi connectivity index (χ1n) is 11.1. The highest BCUT2D eigenvalue weighted by atomic mass is 35.5. The van der Waals surface area contributed by atoms with Gasteiger partial charge in [-0.25, -0.2) is 13.8 Å². The smallest absolute Gasteiger partial charge is 0.270 e. The molecule has 3 aromatic rings. The van der Waals surface area contributed by atoms with Crippen LogP contribution in [0.5, 0.6) is 5.75 Å². The summed E-state index contributed by atoms with van der Waals surface area (Å²) in [7, 11) is 0. The molecule has 176 valence electrons. The van der Waals surface area contributed by atoms with Gasteiger partial charge in [0.25, 0.3) is 5.91 Å². The maximum atomic E-state index is 14.0. The van der Waals surface area contributed by atoms with Crippen LogP contribution in [0.3, 0.4) is 0 Å². The molecule has 3 N–H and O–H groups in total. The Labute approximate surface area is 196 Å². The molecule has 4 rings (SSSR count). The van der Waals surface area contributed by atoms with Gasteiger partial charge in [-0.15, -0.1) is 0 Å². The molecule has 1 fully saturated rings.